The molecule has 2 heterocycles. The maximum atomic E-state index is 12.4. The molecule has 156 valence electrons. The molecule has 3 aromatic rings. The van der Waals surface area contributed by atoms with Gasteiger partial charge in [-0.25, -0.2) is 9.78 Å². The molecular weight excluding hydrogens is 376 g/mol. The maximum Gasteiger partial charge on any atom is 0.323 e. The molecule has 0 radical (unpaired) electrons. The largest absolute Gasteiger partial charge is 0.494 e. The molecular formula is C24H28N4O2. The van der Waals surface area contributed by atoms with Gasteiger partial charge in [-0.2, -0.15) is 0 Å². The highest BCUT2D eigenvalue weighted by Gasteiger charge is 2.14. The average Bonchev–Trinajstić information content (AvgIpc) is 2.76. The first kappa shape index (κ1) is 20.0. The third kappa shape index (κ3) is 4.64. The van der Waals surface area contributed by atoms with Gasteiger partial charge in [-0.3, -0.25) is 0 Å². The number of nitrogens with zero attached hydrogens (tertiary/aromatic N) is 2. The number of anilines is 3. The number of aromatic nitrogens is 1. The van der Waals surface area contributed by atoms with E-state index in [-0.39, 0.29) is 6.03 Å². The van der Waals surface area contributed by atoms with Gasteiger partial charge >= 0.3 is 6.03 Å². The van der Waals surface area contributed by atoms with Gasteiger partial charge in [-0.1, -0.05) is 0 Å². The molecule has 2 aromatic carbocycles. The zero-order valence-electron chi connectivity index (χ0n) is 17.6. The lowest BCUT2D eigenvalue weighted by Crippen LogP contribution is -2.30. The van der Waals surface area contributed by atoms with E-state index in [2.05, 4.69) is 28.5 Å². The molecule has 2 N–H and O–H groups in total. The molecule has 0 spiro atoms. The van der Waals surface area contributed by atoms with Gasteiger partial charge < -0.3 is 20.3 Å². The predicted molar refractivity (Wildman–Crippen MR) is 123 cm³/mol. The number of pyridine rings is 1. The Kier molecular flexibility index (Phi) is 6.02. The first-order valence-corrected chi connectivity index (χ1v) is 10.6. The van der Waals surface area contributed by atoms with E-state index in [4.69, 9.17) is 9.72 Å². The number of ether oxygens (including phenoxy) is 1. The monoisotopic (exact) mass is 404 g/mol. The van der Waals surface area contributed by atoms with Crippen LogP contribution in [0, 0.1) is 6.92 Å². The summed E-state index contributed by atoms with van der Waals surface area (Å²) in [7, 11) is 0. The van der Waals surface area contributed by atoms with Gasteiger partial charge in [0.05, 0.1) is 12.1 Å². The molecule has 6 nitrogen and oxygen atoms in total. The zero-order valence-corrected chi connectivity index (χ0v) is 17.6. The summed E-state index contributed by atoms with van der Waals surface area (Å²) in [5, 5.41) is 6.81. The molecule has 0 atom stereocenters. The van der Waals surface area contributed by atoms with Crippen LogP contribution >= 0.6 is 0 Å². The van der Waals surface area contributed by atoms with Crippen LogP contribution in [0.5, 0.6) is 5.75 Å². The van der Waals surface area contributed by atoms with E-state index in [9.17, 15) is 4.79 Å². The highest BCUT2D eigenvalue weighted by molar-refractivity contribution is 6.01. The number of amides is 2. The van der Waals surface area contributed by atoms with E-state index in [0.29, 0.717) is 12.3 Å². The number of hydrogen-bond acceptors (Lipinski definition) is 4. The number of carbonyl (C=O) groups is 1. The summed E-state index contributed by atoms with van der Waals surface area (Å²) in [6.07, 6.45) is 3.76. The summed E-state index contributed by atoms with van der Waals surface area (Å²) in [6, 6.07) is 15.0. The van der Waals surface area contributed by atoms with Crippen molar-refractivity contribution in [1.29, 1.82) is 0 Å². The highest BCUT2D eigenvalue weighted by Crippen LogP contribution is 2.27. The fourth-order valence-electron chi connectivity index (χ4n) is 3.83. The second-order valence-electron chi connectivity index (χ2n) is 7.61. The van der Waals surface area contributed by atoms with Crippen LogP contribution < -0.4 is 20.3 Å². The third-order valence-corrected chi connectivity index (χ3v) is 5.36. The summed E-state index contributed by atoms with van der Waals surface area (Å²) in [5.41, 5.74) is 3.56. The minimum absolute atomic E-state index is 0.283. The van der Waals surface area contributed by atoms with E-state index in [1.807, 2.05) is 49.4 Å². The number of urea groups is 1. The van der Waals surface area contributed by atoms with Crippen molar-refractivity contribution in [2.75, 3.05) is 35.2 Å². The average molecular weight is 405 g/mol. The minimum atomic E-state index is -0.283. The molecule has 1 saturated heterocycles. The number of hydrogen-bond donors (Lipinski definition) is 2. The quantitative estimate of drug-likeness (QED) is 0.583. The van der Waals surface area contributed by atoms with Crippen molar-refractivity contribution in [1.82, 2.24) is 4.98 Å². The van der Waals surface area contributed by atoms with E-state index in [1.54, 1.807) is 0 Å². The van der Waals surface area contributed by atoms with Crippen LogP contribution in [-0.2, 0) is 0 Å². The van der Waals surface area contributed by atoms with Crippen molar-refractivity contribution in [3.63, 3.8) is 0 Å². The fraction of sp³-hybridized carbons (Fsp3) is 0.333. The molecule has 0 aliphatic carbocycles. The Balaban J connectivity index is 1.46. The minimum Gasteiger partial charge on any atom is -0.494 e. The van der Waals surface area contributed by atoms with Crippen molar-refractivity contribution >= 4 is 34.1 Å². The van der Waals surface area contributed by atoms with E-state index < -0.39 is 0 Å². The normalized spacial score (nSPS) is 13.9. The lowest BCUT2D eigenvalue weighted by Gasteiger charge is -2.28. The summed E-state index contributed by atoms with van der Waals surface area (Å²) >= 11 is 0. The molecule has 0 bridgehead atoms. The standard InChI is InChI=1S/C24H28N4O2/c1-3-30-20-10-7-18(8-11-20)25-24(29)26-19-9-12-22-21(16-19)17(2)15-23(27-22)28-13-5-4-6-14-28/h7-12,15-16H,3-6,13-14H2,1-2H3,(H2,25,26,29). The molecule has 0 saturated carbocycles. The second kappa shape index (κ2) is 9.03. The zero-order chi connectivity index (χ0) is 20.9. The van der Waals surface area contributed by atoms with Gasteiger partial charge in [0.1, 0.15) is 11.6 Å². The van der Waals surface area contributed by atoms with E-state index in [0.717, 1.165) is 46.8 Å². The number of aryl methyl sites for hydroxylation is 1. The van der Waals surface area contributed by atoms with Gasteiger partial charge in [-0.05, 0) is 87.2 Å². The molecule has 1 aromatic heterocycles. The lowest BCUT2D eigenvalue weighted by molar-refractivity contribution is 0.262. The predicted octanol–water partition coefficient (Wildman–Crippen LogP) is 5.58. The number of carbonyl (C=O) groups excluding carboxylic acids is 1. The number of benzene rings is 2. The first-order valence-electron chi connectivity index (χ1n) is 10.6. The van der Waals surface area contributed by atoms with Crippen LogP contribution in [0.15, 0.2) is 48.5 Å². The van der Waals surface area contributed by atoms with E-state index >= 15 is 0 Å². The van der Waals surface area contributed by atoms with Crippen molar-refractivity contribution in [3.05, 3.63) is 54.1 Å². The number of nitrogens with one attached hydrogen (secondary N) is 2. The van der Waals surface area contributed by atoms with Crippen molar-refractivity contribution < 1.29 is 9.53 Å². The van der Waals surface area contributed by atoms with Crippen LogP contribution in [-0.4, -0.2) is 30.7 Å². The topological polar surface area (TPSA) is 66.5 Å². The van der Waals surface area contributed by atoms with Crippen LogP contribution in [0.4, 0.5) is 22.0 Å². The SMILES string of the molecule is CCOc1ccc(NC(=O)Nc2ccc3nc(N4CCCCC4)cc(C)c3c2)cc1. The van der Waals surface area contributed by atoms with Crippen molar-refractivity contribution in [3.8, 4) is 5.75 Å². The van der Waals surface area contributed by atoms with Crippen molar-refractivity contribution in [2.24, 2.45) is 0 Å². The fourth-order valence-corrected chi connectivity index (χ4v) is 3.83. The second-order valence-corrected chi connectivity index (χ2v) is 7.61. The Morgan fingerprint density at radius 2 is 1.70 bits per heavy atom. The molecule has 1 aliphatic heterocycles. The molecule has 1 fully saturated rings. The summed E-state index contributed by atoms with van der Waals surface area (Å²) < 4.78 is 5.42. The smallest absolute Gasteiger partial charge is 0.323 e. The molecule has 2 amide bonds. The Bertz CT molecular complexity index is 1030. The highest BCUT2D eigenvalue weighted by atomic mass is 16.5. The van der Waals surface area contributed by atoms with Crippen LogP contribution in [0.2, 0.25) is 0 Å². The Hall–Kier alpha value is -3.28. The summed E-state index contributed by atoms with van der Waals surface area (Å²) in [5.74, 6) is 1.83. The molecule has 30 heavy (non-hydrogen) atoms. The van der Waals surface area contributed by atoms with Gasteiger partial charge in [-0.15, -0.1) is 0 Å². The molecule has 4 rings (SSSR count). The lowest BCUT2D eigenvalue weighted by atomic mass is 10.1. The first-order chi connectivity index (χ1) is 14.6. The Labute approximate surface area is 177 Å². The van der Waals surface area contributed by atoms with E-state index in [1.165, 1.54) is 19.3 Å². The number of fused-ring (bicyclic) bond motifs is 1. The van der Waals surface area contributed by atoms with Crippen LogP contribution in [0.1, 0.15) is 31.7 Å². The van der Waals surface area contributed by atoms with Gasteiger partial charge in [0.25, 0.3) is 0 Å². The van der Waals surface area contributed by atoms with Crippen LogP contribution in [0.25, 0.3) is 10.9 Å². The van der Waals surface area contributed by atoms with Gasteiger partial charge in [0, 0.05) is 29.9 Å². The van der Waals surface area contributed by atoms with Gasteiger partial charge in [0.2, 0.25) is 0 Å². The molecule has 0 unspecified atom stereocenters. The summed E-state index contributed by atoms with van der Waals surface area (Å²) in [6.45, 7) is 6.80. The van der Waals surface area contributed by atoms with Gasteiger partial charge in [0.15, 0.2) is 0 Å². The Morgan fingerprint density at radius 3 is 2.43 bits per heavy atom. The maximum absolute atomic E-state index is 12.4. The Morgan fingerprint density at radius 1 is 1.00 bits per heavy atom. The molecule has 1 aliphatic rings. The van der Waals surface area contributed by atoms with Crippen LogP contribution in [0.3, 0.4) is 0 Å². The third-order valence-electron chi connectivity index (χ3n) is 5.36. The number of piperidine rings is 1. The van der Waals surface area contributed by atoms with Crippen molar-refractivity contribution in [2.45, 2.75) is 33.1 Å². The molecule has 6 heteroatoms. The number of rotatable bonds is 5. The summed E-state index contributed by atoms with van der Waals surface area (Å²) in [4.78, 5) is 19.6.